The minimum Gasteiger partial charge on any atom is -0.463 e. The second-order valence-electron chi connectivity index (χ2n) is 4.79. The number of ether oxygens (including phenoxy) is 2. The van der Waals surface area contributed by atoms with Gasteiger partial charge in [0.25, 0.3) is 0 Å². The summed E-state index contributed by atoms with van der Waals surface area (Å²) in [5.74, 6) is -1.94. The number of rotatable bonds is 3. The van der Waals surface area contributed by atoms with Crippen LogP contribution in [0.15, 0.2) is 41.0 Å². The summed E-state index contributed by atoms with van der Waals surface area (Å²) in [6.07, 6.45) is 0. The molecule has 1 aromatic rings. The van der Waals surface area contributed by atoms with E-state index >= 15 is 0 Å². The molecule has 0 amide bonds. The number of allylic oxidation sites excluding steroid dienone is 2. The number of nitrogens with two attached hydrogens (primary N) is 1. The Bertz CT molecular complexity index is 765. The highest BCUT2D eigenvalue weighted by molar-refractivity contribution is 6.30. The monoisotopic (exact) mass is 336 g/mol. The van der Waals surface area contributed by atoms with Crippen molar-refractivity contribution in [1.82, 2.24) is 0 Å². The number of halogens is 2. The fourth-order valence-electron chi connectivity index (χ4n) is 2.38. The summed E-state index contributed by atoms with van der Waals surface area (Å²) >= 11 is 5.82. The van der Waals surface area contributed by atoms with Crippen LogP contribution in [0, 0.1) is 17.1 Å². The first-order chi connectivity index (χ1) is 10.9. The zero-order valence-electron chi connectivity index (χ0n) is 12.5. The van der Waals surface area contributed by atoms with Gasteiger partial charge in [-0.2, -0.15) is 5.26 Å². The molecule has 1 aliphatic heterocycles. The van der Waals surface area contributed by atoms with Crippen LogP contribution in [0.5, 0.6) is 0 Å². The van der Waals surface area contributed by atoms with Crippen molar-refractivity contribution in [3.8, 4) is 6.07 Å². The molecule has 0 fully saturated rings. The van der Waals surface area contributed by atoms with Gasteiger partial charge in [-0.25, -0.2) is 9.18 Å². The summed E-state index contributed by atoms with van der Waals surface area (Å²) in [6.45, 7) is 3.37. The predicted molar refractivity (Wildman–Crippen MR) is 81.4 cm³/mol. The lowest BCUT2D eigenvalue weighted by Gasteiger charge is -2.26. The molecule has 1 aliphatic rings. The van der Waals surface area contributed by atoms with Crippen LogP contribution < -0.4 is 5.73 Å². The molecule has 1 unspecified atom stereocenters. The molecule has 2 N–H and O–H groups in total. The van der Waals surface area contributed by atoms with Crippen molar-refractivity contribution >= 4 is 17.6 Å². The van der Waals surface area contributed by atoms with Crippen LogP contribution >= 0.6 is 11.6 Å². The van der Waals surface area contributed by atoms with E-state index in [0.29, 0.717) is 5.56 Å². The Kier molecular flexibility index (Phi) is 4.92. The molecule has 0 spiro atoms. The zero-order chi connectivity index (χ0) is 17.1. The topological polar surface area (TPSA) is 85.3 Å². The fraction of sp³-hybridized carbons (Fsp3) is 0.250. The molecule has 1 atom stereocenters. The summed E-state index contributed by atoms with van der Waals surface area (Å²) < 4.78 is 23.7. The number of nitrogens with zero attached hydrogens (tertiary/aromatic N) is 1. The molecule has 120 valence electrons. The summed E-state index contributed by atoms with van der Waals surface area (Å²) in [5.41, 5.74) is 6.38. The molecule has 0 saturated heterocycles. The molecule has 0 radical (unpaired) electrons. The van der Waals surface area contributed by atoms with Crippen LogP contribution in [-0.2, 0) is 14.3 Å². The van der Waals surface area contributed by atoms with Crippen molar-refractivity contribution < 1.29 is 18.7 Å². The molecular weight excluding hydrogens is 323 g/mol. The molecule has 0 aromatic heterocycles. The highest BCUT2D eigenvalue weighted by atomic mass is 35.5. The summed E-state index contributed by atoms with van der Waals surface area (Å²) in [4.78, 5) is 12.3. The maximum Gasteiger partial charge on any atom is 0.338 e. The van der Waals surface area contributed by atoms with Crippen LogP contribution in [0.1, 0.15) is 25.3 Å². The molecule has 23 heavy (non-hydrogen) atoms. The standard InChI is InChI=1S/C16H14ClFN2O3/c1-3-22-16(21)13-8(2)23-15(20)10(7-19)14(13)9-4-5-12(18)11(17)6-9/h4-6,14H,3,20H2,1-2H3. The van der Waals surface area contributed by atoms with Crippen molar-refractivity contribution in [2.45, 2.75) is 19.8 Å². The first-order valence-corrected chi connectivity index (χ1v) is 7.18. The van der Waals surface area contributed by atoms with Crippen molar-refractivity contribution in [3.63, 3.8) is 0 Å². The smallest absolute Gasteiger partial charge is 0.338 e. The lowest BCUT2D eigenvalue weighted by atomic mass is 9.83. The largest absolute Gasteiger partial charge is 0.463 e. The molecular formula is C16H14ClFN2O3. The van der Waals surface area contributed by atoms with Gasteiger partial charge in [0.1, 0.15) is 23.2 Å². The lowest BCUT2D eigenvalue weighted by Crippen LogP contribution is -2.25. The molecule has 2 rings (SSSR count). The maximum atomic E-state index is 13.4. The normalized spacial score (nSPS) is 17.6. The Balaban J connectivity index is 2.64. The van der Waals surface area contributed by atoms with E-state index in [2.05, 4.69) is 0 Å². The molecule has 1 aromatic carbocycles. The van der Waals surface area contributed by atoms with Crippen molar-refractivity contribution in [2.24, 2.45) is 5.73 Å². The zero-order valence-corrected chi connectivity index (χ0v) is 13.3. The van der Waals surface area contributed by atoms with Gasteiger partial charge in [-0.1, -0.05) is 17.7 Å². The summed E-state index contributed by atoms with van der Waals surface area (Å²) in [5, 5.41) is 9.26. The third kappa shape index (κ3) is 3.15. The highest BCUT2D eigenvalue weighted by Gasteiger charge is 2.36. The fourth-order valence-corrected chi connectivity index (χ4v) is 2.57. The summed E-state index contributed by atoms with van der Waals surface area (Å²) in [7, 11) is 0. The second kappa shape index (κ2) is 6.71. The van der Waals surface area contributed by atoms with E-state index in [9.17, 15) is 14.4 Å². The third-order valence-electron chi connectivity index (χ3n) is 3.38. The number of benzene rings is 1. The molecule has 0 bridgehead atoms. The van der Waals surface area contributed by atoms with Crippen molar-refractivity contribution in [2.75, 3.05) is 6.61 Å². The number of hydrogen-bond acceptors (Lipinski definition) is 5. The molecule has 5 nitrogen and oxygen atoms in total. The SMILES string of the molecule is CCOC(=O)C1=C(C)OC(N)=C(C#N)C1c1ccc(F)c(Cl)c1. The molecule has 7 heteroatoms. The van der Waals surface area contributed by atoms with Crippen LogP contribution in [0.25, 0.3) is 0 Å². The Morgan fingerprint density at radius 2 is 2.26 bits per heavy atom. The van der Waals surface area contributed by atoms with E-state index in [0.717, 1.165) is 6.07 Å². The first-order valence-electron chi connectivity index (χ1n) is 6.81. The van der Waals surface area contributed by atoms with Crippen LogP contribution in [-0.4, -0.2) is 12.6 Å². The Labute approximate surface area is 137 Å². The quantitative estimate of drug-likeness (QED) is 0.857. The third-order valence-corrected chi connectivity index (χ3v) is 3.67. The number of carbonyl (C=O) groups is 1. The molecule has 1 heterocycles. The van der Waals surface area contributed by atoms with Crippen molar-refractivity contribution in [3.05, 3.63) is 57.4 Å². The second-order valence-corrected chi connectivity index (χ2v) is 5.20. The van der Waals surface area contributed by atoms with E-state index in [1.165, 1.54) is 12.1 Å². The van der Waals surface area contributed by atoms with Gasteiger partial charge in [-0.05, 0) is 31.5 Å². The van der Waals surface area contributed by atoms with E-state index in [-0.39, 0.29) is 34.4 Å². The minimum atomic E-state index is -0.828. The van der Waals surface area contributed by atoms with Crippen LogP contribution in [0.2, 0.25) is 5.02 Å². The average molecular weight is 337 g/mol. The summed E-state index contributed by atoms with van der Waals surface area (Å²) in [6, 6.07) is 5.89. The number of hydrogen-bond donors (Lipinski definition) is 1. The van der Waals surface area contributed by atoms with Gasteiger partial charge in [0.05, 0.1) is 23.1 Å². The molecule has 0 saturated carbocycles. The Morgan fingerprint density at radius 3 is 2.83 bits per heavy atom. The van der Waals surface area contributed by atoms with Gasteiger partial charge >= 0.3 is 5.97 Å². The van der Waals surface area contributed by atoms with Gasteiger partial charge in [0.2, 0.25) is 5.88 Å². The van der Waals surface area contributed by atoms with Crippen LogP contribution in [0.4, 0.5) is 4.39 Å². The average Bonchev–Trinajstić information content (AvgIpc) is 2.49. The first kappa shape index (κ1) is 16.8. The number of esters is 1. The molecule has 0 aliphatic carbocycles. The number of carbonyl (C=O) groups excluding carboxylic acids is 1. The lowest BCUT2D eigenvalue weighted by molar-refractivity contribution is -0.139. The van der Waals surface area contributed by atoms with Crippen LogP contribution in [0.3, 0.4) is 0 Å². The van der Waals surface area contributed by atoms with Gasteiger partial charge in [-0.15, -0.1) is 0 Å². The predicted octanol–water partition coefficient (Wildman–Crippen LogP) is 3.12. The Hall–Kier alpha value is -2.52. The maximum absolute atomic E-state index is 13.4. The van der Waals surface area contributed by atoms with E-state index in [4.69, 9.17) is 26.8 Å². The minimum absolute atomic E-state index is 0.0429. The van der Waals surface area contributed by atoms with Gasteiger partial charge in [0, 0.05) is 0 Å². The van der Waals surface area contributed by atoms with Crippen molar-refractivity contribution in [1.29, 1.82) is 5.26 Å². The highest BCUT2D eigenvalue weighted by Crippen LogP contribution is 2.40. The van der Waals surface area contributed by atoms with E-state index in [1.54, 1.807) is 13.8 Å². The van der Waals surface area contributed by atoms with E-state index < -0.39 is 17.7 Å². The van der Waals surface area contributed by atoms with Gasteiger partial charge in [-0.3, -0.25) is 0 Å². The van der Waals surface area contributed by atoms with E-state index in [1.807, 2.05) is 6.07 Å². The van der Waals surface area contributed by atoms with Gasteiger partial charge < -0.3 is 15.2 Å². The van der Waals surface area contributed by atoms with Gasteiger partial charge in [0.15, 0.2) is 0 Å². The number of nitriles is 1. The Morgan fingerprint density at radius 1 is 1.57 bits per heavy atom.